The molecule has 3 N–H and O–H groups in total. The molecule has 0 aliphatic carbocycles. The van der Waals surface area contributed by atoms with Crippen molar-refractivity contribution in [3.05, 3.63) is 73.4 Å². The van der Waals surface area contributed by atoms with Gasteiger partial charge in [0.2, 0.25) is 0 Å². The first-order valence-electron chi connectivity index (χ1n) is 12.0. The van der Waals surface area contributed by atoms with Crippen LogP contribution in [0.2, 0.25) is 0 Å². The van der Waals surface area contributed by atoms with E-state index >= 15 is 4.39 Å². The fourth-order valence-electron chi connectivity index (χ4n) is 4.97. The Morgan fingerprint density at radius 2 is 1.84 bits per heavy atom. The molecule has 1 aromatic heterocycles. The number of halogens is 2. The van der Waals surface area contributed by atoms with E-state index in [1.165, 1.54) is 0 Å². The summed E-state index contributed by atoms with van der Waals surface area (Å²) in [5, 5.41) is 14.9. The van der Waals surface area contributed by atoms with Crippen molar-refractivity contribution < 1.29 is 32.6 Å². The zero-order chi connectivity index (χ0) is 27.4. The van der Waals surface area contributed by atoms with E-state index < -0.39 is 63.1 Å². The van der Waals surface area contributed by atoms with Gasteiger partial charge in [-0.15, -0.1) is 0 Å². The number of furan rings is 1. The topological polar surface area (TPSA) is 138 Å². The van der Waals surface area contributed by atoms with Crippen LogP contribution in [-0.4, -0.2) is 47.7 Å². The maximum atomic E-state index is 15.5. The Labute approximate surface area is 214 Å². The van der Waals surface area contributed by atoms with E-state index in [1.807, 2.05) is 6.92 Å². The molecular formula is C26H25F2N3O7. The van der Waals surface area contributed by atoms with Gasteiger partial charge < -0.3 is 29.8 Å². The fraction of sp³-hybridized carbons (Fsp3) is 0.385. The molecule has 38 heavy (non-hydrogen) atoms. The number of nitrogens with one attached hydrogen (secondary N) is 2. The number of carbonyl (C=O) groups is 2. The van der Waals surface area contributed by atoms with Crippen LogP contribution in [0.4, 0.5) is 25.8 Å². The lowest BCUT2D eigenvalue weighted by Crippen LogP contribution is -2.49. The summed E-state index contributed by atoms with van der Waals surface area (Å²) in [5.74, 6) is -3.69. The highest BCUT2D eigenvalue weighted by atomic mass is 19.1. The lowest BCUT2D eigenvalue weighted by atomic mass is 9.79. The van der Waals surface area contributed by atoms with Crippen molar-refractivity contribution in [3.63, 3.8) is 0 Å². The maximum Gasteiger partial charge on any atom is 0.326 e. The molecule has 3 aromatic rings. The van der Waals surface area contributed by atoms with Gasteiger partial charge >= 0.3 is 5.97 Å². The molecule has 1 amide bonds. The summed E-state index contributed by atoms with van der Waals surface area (Å²) in [6.07, 6.45) is 0.545. The number of aliphatic carboxylic acids is 1. The van der Waals surface area contributed by atoms with Gasteiger partial charge in [-0.1, -0.05) is 6.92 Å². The normalized spacial score (nSPS) is 19.3. The van der Waals surface area contributed by atoms with E-state index in [2.05, 4.69) is 10.6 Å². The van der Waals surface area contributed by atoms with Crippen LogP contribution in [0.5, 0.6) is 0 Å². The van der Waals surface area contributed by atoms with Gasteiger partial charge in [-0.25, -0.2) is 13.6 Å². The fourth-order valence-corrected chi connectivity index (χ4v) is 4.97. The first-order chi connectivity index (χ1) is 18.0. The molecule has 10 nitrogen and oxygen atoms in total. The Balaban J connectivity index is 1.46. The first kappa shape index (κ1) is 25.6. The van der Waals surface area contributed by atoms with Crippen molar-refractivity contribution in [1.29, 1.82) is 0 Å². The molecule has 200 valence electrons. The van der Waals surface area contributed by atoms with Gasteiger partial charge in [0.15, 0.2) is 5.82 Å². The third kappa shape index (κ3) is 4.14. The summed E-state index contributed by atoms with van der Waals surface area (Å²) in [7, 11) is 0. The van der Waals surface area contributed by atoms with Gasteiger partial charge in [0.25, 0.3) is 16.8 Å². The predicted molar refractivity (Wildman–Crippen MR) is 131 cm³/mol. The predicted octanol–water partition coefficient (Wildman–Crippen LogP) is 3.08. The average Bonchev–Trinajstić information content (AvgIpc) is 3.52. The molecule has 12 heteroatoms. The number of likely N-dealkylation sites (tertiary alicyclic amines) is 1. The minimum absolute atomic E-state index is 0.0364. The van der Waals surface area contributed by atoms with E-state index in [0.717, 1.165) is 17.0 Å². The minimum atomic E-state index is -1.30. The molecule has 2 fully saturated rings. The lowest BCUT2D eigenvalue weighted by Gasteiger charge is -2.44. The van der Waals surface area contributed by atoms with Gasteiger partial charge in [0, 0.05) is 12.0 Å². The smallest absolute Gasteiger partial charge is 0.326 e. The van der Waals surface area contributed by atoms with Crippen LogP contribution in [-0.2, 0) is 9.53 Å². The Kier molecular flexibility index (Phi) is 6.30. The summed E-state index contributed by atoms with van der Waals surface area (Å²) in [6, 6.07) is 3.60. The molecule has 5 rings (SSSR count). The molecule has 2 aromatic carbocycles. The number of hydrogen-bond acceptors (Lipinski definition) is 8. The van der Waals surface area contributed by atoms with Crippen molar-refractivity contribution in [2.24, 2.45) is 5.41 Å². The molecule has 3 heterocycles. The van der Waals surface area contributed by atoms with E-state index in [0.29, 0.717) is 31.2 Å². The Bertz CT molecular complexity index is 1500. The lowest BCUT2D eigenvalue weighted by molar-refractivity contribution is -0.141. The van der Waals surface area contributed by atoms with Crippen LogP contribution >= 0.6 is 0 Å². The van der Waals surface area contributed by atoms with Crippen LogP contribution in [0.25, 0.3) is 0 Å². The number of nitrogens with zero attached hydrogens (tertiary/aromatic N) is 1. The van der Waals surface area contributed by atoms with Gasteiger partial charge in [-0.05, 0) is 44.0 Å². The van der Waals surface area contributed by atoms with Crippen LogP contribution in [0.1, 0.15) is 47.7 Å². The zero-order valence-corrected chi connectivity index (χ0v) is 20.6. The molecule has 2 aliphatic heterocycles. The number of hydrogen-bond donors (Lipinski definition) is 3. The minimum Gasteiger partial charge on any atom is -0.480 e. The summed E-state index contributed by atoms with van der Waals surface area (Å²) in [4.78, 5) is 50.3. The number of aryl methyl sites for hydroxylation is 1. The Morgan fingerprint density at radius 1 is 1.13 bits per heavy atom. The highest BCUT2D eigenvalue weighted by Crippen LogP contribution is 2.43. The third-order valence-corrected chi connectivity index (χ3v) is 7.17. The highest BCUT2D eigenvalue weighted by Gasteiger charge is 2.45. The molecule has 2 saturated heterocycles. The molecule has 1 unspecified atom stereocenters. The second-order valence-electron chi connectivity index (χ2n) is 9.98. The number of carboxylic acid groups (broad SMARTS) is 1. The summed E-state index contributed by atoms with van der Waals surface area (Å²) in [6.45, 7) is 4.46. The standard InChI is InChI=1S/C26H25F2N3O7/c1-12-5-8-16(38-12)23(26(2)10-37-11-26)30-20-19(21(32)22(20)33)29-14-7-6-13(27)17(18(14)28)24(34)31-9-3-4-15(31)25(35)36/h5-8,15,23,29-30H,3-4,9-11H2,1-2H3,(H,35,36)/t15-,23?/m0/s1. The second-order valence-corrected chi connectivity index (χ2v) is 9.98. The van der Waals surface area contributed by atoms with Crippen molar-refractivity contribution in [3.8, 4) is 0 Å². The number of carbonyl (C=O) groups excluding carboxylic acids is 1. The number of rotatable bonds is 8. The molecular weight excluding hydrogens is 504 g/mol. The molecule has 0 spiro atoms. The number of ether oxygens (including phenoxy) is 1. The van der Waals surface area contributed by atoms with Crippen molar-refractivity contribution in [2.75, 3.05) is 30.4 Å². The Morgan fingerprint density at radius 3 is 2.45 bits per heavy atom. The van der Waals surface area contributed by atoms with Crippen LogP contribution in [0.3, 0.4) is 0 Å². The second kappa shape index (κ2) is 9.35. The molecule has 0 saturated carbocycles. The SMILES string of the molecule is Cc1ccc(C(Nc2c(Nc3ccc(F)c(C(=O)N4CCC[C@H]4C(=O)O)c3F)c(=O)c2=O)C2(C)COC2)o1. The monoisotopic (exact) mass is 529 g/mol. The third-order valence-electron chi connectivity index (χ3n) is 7.17. The van der Waals surface area contributed by atoms with Crippen LogP contribution < -0.4 is 21.5 Å². The average molecular weight is 529 g/mol. The van der Waals surface area contributed by atoms with Gasteiger partial charge in [-0.3, -0.25) is 14.4 Å². The van der Waals surface area contributed by atoms with E-state index in [9.17, 15) is 28.7 Å². The van der Waals surface area contributed by atoms with E-state index in [-0.39, 0.29) is 24.3 Å². The van der Waals surface area contributed by atoms with Crippen molar-refractivity contribution in [1.82, 2.24) is 4.90 Å². The van der Waals surface area contributed by atoms with Crippen LogP contribution in [0.15, 0.2) is 38.3 Å². The van der Waals surface area contributed by atoms with Gasteiger partial charge in [-0.2, -0.15) is 0 Å². The number of benzene rings is 1. The van der Waals surface area contributed by atoms with E-state index in [1.54, 1.807) is 19.1 Å². The summed E-state index contributed by atoms with van der Waals surface area (Å²) in [5.41, 5.74) is -3.93. The zero-order valence-electron chi connectivity index (χ0n) is 20.6. The van der Waals surface area contributed by atoms with Crippen molar-refractivity contribution >= 4 is 28.9 Å². The van der Waals surface area contributed by atoms with Gasteiger partial charge in [0.1, 0.15) is 40.3 Å². The molecule has 0 radical (unpaired) electrons. The quantitative estimate of drug-likeness (QED) is 0.376. The Hall–Kier alpha value is -4.06. The number of anilines is 3. The maximum absolute atomic E-state index is 15.5. The molecule has 2 aliphatic rings. The summed E-state index contributed by atoms with van der Waals surface area (Å²) < 4.78 is 41.2. The summed E-state index contributed by atoms with van der Waals surface area (Å²) >= 11 is 0. The first-order valence-corrected chi connectivity index (χ1v) is 12.0. The molecule has 0 bridgehead atoms. The van der Waals surface area contributed by atoms with Crippen molar-refractivity contribution in [2.45, 2.75) is 38.8 Å². The van der Waals surface area contributed by atoms with E-state index in [4.69, 9.17) is 9.15 Å². The number of carboxylic acids is 1. The number of amides is 1. The highest BCUT2D eigenvalue weighted by molar-refractivity contribution is 5.98. The van der Waals surface area contributed by atoms with Crippen LogP contribution in [0, 0.1) is 24.0 Å². The molecule has 2 atom stereocenters. The van der Waals surface area contributed by atoms with Gasteiger partial charge in [0.05, 0.1) is 24.9 Å². The largest absolute Gasteiger partial charge is 0.480 e.